The number of ether oxygens (including phenoxy) is 8. The number of nitriles is 1. The van der Waals surface area contributed by atoms with Crippen LogP contribution in [0.3, 0.4) is 0 Å². The summed E-state index contributed by atoms with van der Waals surface area (Å²) in [7, 11) is 0. The van der Waals surface area contributed by atoms with Gasteiger partial charge in [-0.1, -0.05) is 64.5 Å². The zero-order valence-electron chi connectivity index (χ0n) is 40.3. The van der Waals surface area contributed by atoms with E-state index in [4.69, 9.17) is 37.9 Å². The maximum Gasteiger partial charge on any atom is 0.343 e. The summed E-state index contributed by atoms with van der Waals surface area (Å²) in [4.78, 5) is 74.3. The van der Waals surface area contributed by atoms with E-state index in [1.165, 1.54) is 48.5 Å². The highest BCUT2D eigenvalue weighted by atomic mass is 19.1. The molecule has 5 rings (SSSR count). The van der Waals surface area contributed by atoms with Crippen LogP contribution in [0.5, 0.6) is 34.5 Å². The van der Waals surface area contributed by atoms with Crippen LogP contribution in [0.1, 0.15) is 124 Å². The maximum absolute atomic E-state index is 15.5. The summed E-state index contributed by atoms with van der Waals surface area (Å²) >= 11 is 0. The van der Waals surface area contributed by atoms with Crippen LogP contribution in [0, 0.1) is 17.1 Å². The van der Waals surface area contributed by atoms with Crippen molar-refractivity contribution in [2.24, 2.45) is 0 Å². The van der Waals surface area contributed by atoms with Crippen molar-refractivity contribution in [3.63, 3.8) is 0 Å². The molecule has 0 bridgehead atoms. The van der Waals surface area contributed by atoms with Crippen molar-refractivity contribution in [2.45, 2.75) is 77.0 Å². The molecule has 5 aromatic rings. The Balaban J connectivity index is 1.04. The first kappa shape index (κ1) is 55.3. The third kappa shape index (κ3) is 18.9. The van der Waals surface area contributed by atoms with Gasteiger partial charge >= 0.3 is 35.8 Å². The van der Waals surface area contributed by atoms with E-state index < -0.39 is 58.7 Å². The van der Waals surface area contributed by atoms with E-state index >= 15 is 4.39 Å². The van der Waals surface area contributed by atoms with E-state index in [2.05, 4.69) is 13.2 Å². The van der Waals surface area contributed by atoms with Gasteiger partial charge in [0.05, 0.1) is 54.2 Å². The highest BCUT2D eigenvalue weighted by Crippen LogP contribution is 2.34. The summed E-state index contributed by atoms with van der Waals surface area (Å²) in [6.07, 6.45) is 13.6. The molecule has 0 aliphatic carbocycles. The van der Waals surface area contributed by atoms with E-state index in [1.54, 1.807) is 54.6 Å². The lowest BCUT2D eigenvalue weighted by Gasteiger charge is -2.13. The van der Waals surface area contributed by atoms with Gasteiger partial charge in [0.2, 0.25) is 5.75 Å². The molecule has 0 unspecified atom stereocenters. The topological polar surface area (TPSA) is 200 Å². The molecular formula is C57H56FNO14. The fourth-order valence-electron chi connectivity index (χ4n) is 6.80. The van der Waals surface area contributed by atoms with Crippen LogP contribution in [0.2, 0.25) is 0 Å². The van der Waals surface area contributed by atoms with Crippen molar-refractivity contribution in [1.82, 2.24) is 0 Å². The molecule has 0 aromatic heterocycles. The SMILES string of the molecule is C=CC(=O)OCCCCCCCCOc1ccc(C(=O)Oc2ccc(C(=O)Oc3ccc(C#N)c(F)c3OC(=O)c3ccc(OC(=O)c4ccc(OCCCCCCCCOC(=O)C=C)cc4)cc3)cc2)cc1. The molecule has 0 aliphatic heterocycles. The van der Waals surface area contributed by atoms with Gasteiger partial charge in [-0.15, -0.1) is 0 Å². The first-order valence-electron chi connectivity index (χ1n) is 23.8. The summed E-state index contributed by atoms with van der Waals surface area (Å²) in [6, 6.07) is 27.3. The molecule has 16 heteroatoms. The lowest BCUT2D eigenvalue weighted by atomic mass is 10.1. The number of esters is 6. The Kier molecular flexibility index (Phi) is 22.9. The van der Waals surface area contributed by atoms with Crippen molar-refractivity contribution < 1.29 is 71.1 Å². The standard InChI is InChI=1S/C57H56FNO14/c1-3-50(60)68-37-15-11-7-5-9-13-35-66-45-26-17-40(18-27-45)54(62)70-47-30-21-42(22-31-47)56(64)72-49-34-25-44(39-59)52(58)53(49)73-57(65)43-23-32-48(33-24-43)71-55(63)41-19-28-46(29-20-41)67-36-14-10-6-8-12-16-38-69-51(61)4-2/h3-4,17-34H,1-2,5-16,35-38H2. The second-order valence-corrected chi connectivity index (χ2v) is 16.2. The summed E-state index contributed by atoms with van der Waals surface area (Å²) < 4.78 is 58.7. The van der Waals surface area contributed by atoms with Crippen molar-refractivity contribution in [3.8, 4) is 40.6 Å². The minimum Gasteiger partial charge on any atom is -0.494 e. The smallest absolute Gasteiger partial charge is 0.343 e. The lowest BCUT2D eigenvalue weighted by molar-refractivity contribution is -0.138. The third-order valence-corrected chi connectivity index (χ3v) is 10.8. The molecule has 0 atom stereocenters. The van der Waals surface area contributed by atoms with Gasteiger partial charge in [-0.2, -0.15) is 5.26 Å². The average molecular weight is 998 g/mol. The van der Waals surface area contributed by atoms with Gasteiger partial charge in [0.1, 0.15) is 29.1 Å². The van der Waals surface area contributed by atoms with Gasteiger partial charge in [0.25, 0.3) is 0 Å². The maximum atomic E-state index is 15.5. The van der Waals surface area contributed by atoms with Gasteiger partial charge < -0.3 is 37.9 Å². The minimum absolute atomic E-state index is 0.0259. The third-order valence-electron chi connectivity index (χ3n) is 10.8. The van der Waals surface area contributed by atoms with Crippen LogP contribution in [0.25, 0.3) is 0 Å². The Bertz CT molecular complexity index is 2690. The first-order chi connectivity index (χ1) is 35.5. The van der Waals surface area contributed by atoms with E-state index in [0.717, 1.165) is 101 Å². The van der Waals surface area contributed by atoms with Crippen LogP contribution < -0.4 is 28.4 Å². The summed E-state index contributed by atoms with van der Waals surface area (Å²) in [5.74, 6) is -5.33. The number of unbranched alkanes of at least 4 members (excludes halogenated alkanes) is 10. The molecule has 73 heavy (non-hydrogen) atoms. The van der Waals surface area contributed by atoms with Crippen molar-refractivity contribution >= 4 is 35.8 Å². The average Bonchev–Trinajstić information content (AvgIpc) is 3.41. The zero-order chi connectivity index (χ0) is 52.2. The van der Waals surface area contributed by atoms with Crippen molar-refractivity contribution in [1.29, 1.82) is 5.26 Å². The van der Waals surface area contributed by atoms with Crippen LogP contribution in [0.15, 0.2) is 135 Å². The van der Waals surface area contributed by atoms with Gasteiger partial charge in [0, 0.05) is 12.2 Å². The van der Waals surface area contributed by atoms with Crippen LogP contribution in [0.4, 0.5) is 4.39 Å². The molecule has 0 N–H and O–H groups in total. The quantitative estimate of drug-likeness (QED) is 0.0182. The van der Waals surface area contributed by atoms with Gasteiger partial charge in [-0.25, -0.2) is 33.2 Å². The highest BCUT2D eigenvalue weighted by Gasteiger charge is 2.23. The lowest BCUT2D eigenvalue weighted by Crippen LogP contribution is -2.14. The summed E-state index contributed by atoms with van der Waals surface area (Å²) in [5, 5.41) is 9.46. The molecule has 5 aromatic carbocycles. The first-order valence-corrected chi connectivity index (χ1v) is 23.8. The normalized spacial score (nSPS) is 10.5. The van der Waals surface area contributed by atoms with Gasteiger partial charge in [0.15, 0.2) is 11.6 Å². The monoisotopic (exact) mass is 997 g/mol. The predicted octanol–water partition coefficient (Wildman–Crippen LogP) is 11.5. The Morgan fingerprint density at radius 1 is 0.425 bits per heavy atom. The van der Waals surface area contributed by atoms with E-state index in [1.807, 2.05) is 0 Å². The summed E-state index contributed by atoms with van der Waals surface area (Å²) in [6.45, 7) is 8.54. The molecule has 0 saturated carbocycles. The number of nitrogens with zero attached hydrogens (tertiary/aromatic N) is 1. The number of hydrogen-bond donors (Lipinski definition) is 0. The molecule has 0 amide bonds. The number of hydrogen-bond acceptors (Lipinski definition) is 15. The Morgan fingerprint density at radius 2 is 0.753 bits per heavy atom. The molecule has 15 nitrogen and oxygen atoms in total. The van der Waals surface area contributed by atoms with E-state index in [9.17, 15) is 34.0 Å². The van der Waals surface area contributed by atoms with E-state index in [0.29, 0.717) is 37.9 Å². The zero-order valence-corrected chi connectivity index (χ0v) is 40.3. The Morgan fingerprint density at radius 3 is 1.12 bits per heavy atom. The molecule has 0 aliphatic rings. The highest BCUT2D eigenvalue weighted by molar-refractivity contribution is 5.95. The van der Waals surface area contributed by atoms with Crippen LogP contribution in [-0.2, 0) is 19.1 Å². The Hall–Kier alpha value is -8.58. The molecule has 0 fully saturated rings. The van der Waals surface area contributed by atoms with Crippen molar-refractivity contribution in [3.05, 3.63) is 168 Å². The largest absolute Gasteiger partial charge is 0.494 e. The van der Waals surface area contributed by atoms with Crippen molar-refractivity contribution in [2.75, 3.05) is 26.4 Å². The van der Waals surface area contributed by atoms with E-state index in [-0.39, 0.29) is 33.8 Å². The summed E-state index contributed by atoms with van der Waals surface area (Å²) in [5.41, 5.74) is -0.0769. The molecule has 0 saturated heterocycles. The second-order valence-electron chi connectivity index (χ2n) is 16.2. The minimum atomic E-state index is -1.25. The fraction of sp³-hybridized carbons (Fsp3) is 0.281. The molecular weight excluding hydrogens is 942 g/mol. The Labute approximate surface area is 423 Å². The van der Waals surface area contributed by atoms with Gasteiger partial charge in [-0.05, 0) is 135 Å². The molecule has 0 heterocycles. The van der Waals surface area contributed by atoms with Crippen LogP contribution >= 0.6 is 0 Å². The van der Waals surface area contributed by atoms with Gasteiger partial charge in [-0.3, -0.25) is 0 Å². The second kappa shape index (κ2) is 30.2. The number of carbonyl (C=O) groups is 6. The molecule has 0 radical (unpaired) electrons. The number of benzene rings is 5. The number of halogens is 1. The number of carbonyl (C=O) groups excluding carboxylic acids is 6. The molecule has 380 valence electrons. The predicted molar refractivity (Wildman–Crippen MR) is 265 cm³/mol. The molecule has 0 spiro atoms. The number of rotatable bonds is 30. The fourth-order valence-corrected chi connectivity index (χ4v) is 6.80. The van der Waals surface area contributed by atoms with Crippen LogP contribution in [-0.4, -0.2) is 62.2 Å².